The fraction of sp³-hybridized carbons (Fsp3) is 0. The molecule has 0 amide bonds. The van der Waals surface area contributed by atoms with Crippen LogP contribution in [0.5, 0.6) is 0 Å². The van der Waals surface area contributed by atoms with Gasteiger partial charge in [-0.05, 0) is 30.3 Å². The Morgan fingerprint density at radius 1 is 0.900 bits per heavy atom. The van der Waals surface area contributed by atoms with Gasteiger partial charge in [0.25, 0.3) is 0 Å². The Bertz CT molecular complexity index is 1350. The Morgan fingerprint density at radius 3 is 2.30 bits per heavy atom. The Balaban J connectivity index is 0.00000256. The molecule has 2 N–H and O–H groups in total. The molecule has 0 aliphatic heterocycles. The quantitative estimate of drug-likeness (QED) is 0.225. The van der Waals surface area contributed by atoms with Gasteiger partial charge in [0.05, 0.1) is 16.3 Å². The number of fused-ring (bicyclic) bond motifs is 1. The minimum Gasteiger partial charge on any atom is -0.744 e. The van der Waals surface area contributed by atoms with Gasteiger partial charge >= 0.3 is 29.6 Å². The van der Waals surface area contributed by atoms with Crippen molar-refractivity contribution in [2.24, 2.45) is 10.2 Å². The minimum absolute atomic E-state index is 0. The molecule has 8 nitrogen and oxygen atoms in total. The largest absolute Gasteiger partial charge is 1.00 e. The van der Waals surface area contributed by atoms with Crippen molar-refractivity contribution in [3.05, 3.63) is 73.2 Å². The summed E-state index contributed by atoms with van der Waals surface area (Å²) in [6.07, 6.45) is 4.91. The van der Waals surface area contributed by atoms with Gasteiger partial charge in [-0.15, -0.1) is 10.2 Å². The van der Waals surface area contributed by atoms with Crippen molar-refractivity contribution in [1.82, 2.24) is 9.97 Å². The summed E-state index contributed by atoms with van der Waals surface area (Å²) in [5.41, 5.74) is 8.22. The molecular weight excluding hydrogens is 413 g/mol. The van der Waals surface area contributed by atoms with Crippen molar-refractivity contribution < 1.29 is 42.5 Å². The van der Waals surface area contributed by atoms with E-state index < -0.39 is 15.0 Å². The van der Waals surface area contributed by atoms with E-state index in [9.17, 15) is 13.0 Å². The summed E-state index contributed by atoms with van der Waals surface area (Å²) in [5.74, 6) is 0. The third kappa shape index (κ3) is 4.40. The van der Waals surface area contributed by atoms with Gasteiger partial charge in [-0.1, -0.05) is 24.3 Å². The van der Waals surface area contributed by atoms with Crippen LogP contribution in [0.15, 0.2) is 88.3 Å². The molecule has 10 heteroatoms. The Morgan fingerprint density at radius 2 is 1.60 bits per heavy atom. The van der Waals surface area contributed by atoms with E-state index in [2.05, 4.69) is 20.2 Å². The Hall–Kier alpha value is -2.69. The van der Waals surface area contributed by atoms with Gasteiger partial charge < -0.3 is 10.3 Å². The van der Waals surface area contributed by atoms with Crippen LogP contribution in [0, 0.1) is 0 Å². The summed E-state index contributed by atoms with van der Waals surface area (Å²) in [4.78, 5) is 8.00. The van der Waals surface area contributed by atoms with Crippen molar-refractivity contribution in [2.75, 3.05) is 5.73 Å². The molecule has 2 aromatic carbocycles. The molecule has 2 heterocycles. The van der Waals surface area contributed by atoms with E-state index in [0.29, 0.717) is 16.8 Å². The van der Waals surface area contributed by atoms with Gasteiger partial charge in [0, 0.05) is 34.9 Å². The molecule has 4 aromatic rings. The van der Waals surface area contributed by atoms with E-state index in [1.54, 1.807) is 55.0 Å². The molecule has 0 unspecified atom stereocenters. The molecule has 0 saturated heterocycles. The summed E-state index contributed by atoms with van der Waals surface area (Å²) in [6, 6.07) is 14.6. The van der Waals surface area contributed by atoms with Crippen LogP contribution < -0.4 is 35.3 Å². The molecule has 4 rings (SSSR count). The number of benzene rings is 2. The first-order valence-corrected chi connectivity index (χ1v) is 9.90. The number of rotatable bonds is 4. The van der Waals surface area contributed by atoms with Crippen molar-refractivity contribution >= 4 is 38.0 Å². The molecule has 144 valence electrons. The first-order chi connectivity index (χ1) is 13.9. The van der Waals surface area contributed by atoms with E-state index in [4.69, 9.17) is 5.73 Å². The zero-order valence-electron chi connectivity index (χ0n) is 15.9. The average Bonchev–Trinajstić information content (AvgIpc) is 2.73. The van der Waals surface area contributed by atoms with Gasteiger partial charge in [-0.2, -0.15) is 0 Å². The van der Waals surface area contributed by atoms with Gasteiger partial charge in [0.1, 0.15) is 21.5 Å². The number of aromatic nitrogens is 2. The fourth-order valence-electron chi connectivity index (χ4n) is 2.95. The van der Waals surface area contributed by atoms with Crippen LogP contribution in [0.2, 0.25) is 0 Å². The van der Waals surface area contributed by atoms with Gasteiger partial charge in [-0.3, -0.25) is 9.97 Å². The summed E-state index contributed by atoms with van der Waals surface area (Å²) in [6.45, 7) is 0. The summed E-state index contributed by atoms with van der Waals surface area (Å²) < 4.78 is 35.2. The maximum Gasteiger partial charge on any atom is 1.00 e. The number of anilines is 1. The van der Waals surface area contributed by atoms with Crippen LogP contribution in [-0.4, -0.2) is 22.9 Å². The molecule has 30 heavy (non-hydrogen) atoms. The molecule has 0 aliphatic rings. The first kappa shape index (κ1) is 22.0. The monoisotopic (exact) mass is 427 g/mol. The number of hydrogen-bond acceptors (Lipinski definition) is 8. The molecule has 0 fully saturated rings. The summed E-state index contributed by atoms with van der Waals surface area (Å²) in [5, 5.41) is 8.98. The standard InChI is InChI=1S/C20H15N5O3S.Na/c21-19-15-7-2-1-6-14(15)18(29(26,27)28)11-17(19)25-24-16-8-4-10-23-20(16)13-5-3-9-22-12-13;/h1-12H,21H2,(H,26,27,28);/q;+1/p-1. The Labute approximate surface area is 194 Å². The topological polar surface area (TPSA) is 134 Å². The molecule has 0 aliphatic carbocycles. The van der Waals surface area contributed by atoms with E-state index >= 15 is 0 Å². The van der Waals surface area contributed by atoms with Crippen molar-refractivity contribution in [3.63, 3.8) is 0 Å². The molecule has 0 atom stereocenters. The number of pyridine rings is 2. The number of nitrogens with zero attached hydrogens (tertiary/aromatic N) is 4. The van der Waals surface area contributed by atoms with Gasteiger partial charge in [0.2, 0.25) is 0 Å². The average molecular weight is 427 g/mol. The van der Waals surface area contributed by atoms with Crippen LogP contribution in [0.25, 0.3) is 22.0 Å². The second-order valence-electron chi connectivity index (χ2n) is 6.12. The maximum atomic E-state index is 11.7. The van der Waals surface area contributed by atoms with Crippen LogP contribution in [0.3, 0.4) is 0 Å². The molecule has 2 aromatic heterocycles. The third-order valence-corrected chi connectivity index (χ3v) is 5.16. The van der Waals surface area contributed by atoms with E-state index in [1.807, 2.05) is 6.07 Å². The smallest absolute Gasteiger partial charge is 0.744 e. The van der Waals surface area contributed by atoms with Crippen LogP contribution in [0.1, 0.15) is 0 Å². The maximum absolute atomic E-state index is 11.7. The normalized spacial score (nSPS) is 11.5. The summed E-state index contributed by atoms with van der Waals surface area (Å²) in [7, 11) is -4.73. The fourth-order valence-corrected chi connectivity index (χ4v) is 3.65. The molecule has 0 saturated carbocycles. The zero-order chi connectivity index (χ0) is 20.4. The number of nitrogen functional groups attached to an aromatic ring is 1. The molecule has 0 spiro atoms. The summed E-state index contributed by atoms with van der Waals surface area (Å²) >= 11 is 0. The molecule has 0 bridgehead atoms. The van der Waals surface area contributed by atoms with E-state index in [-0.39, 0.29) is 46.3 Å². The second-order valence-corrected chi connectivity index (χ2v) is 7.47. The zero-order valence-corrected chi connectivity index (χ0v) is 18.7. The SMILES string of the molecule is Nc1c(N=Nc2cccnc2-c2cccnc2)cc(S(=O)(=O)[O-])c2ccccc12.[Na+]. The predicted molar refractivity (Wildman–Crippen MR) is 108 cm³/mol. The minimum atomic E-state index is -4.73. The number of azo groups is 1. The molecular formula is C20H14N5NaO3S. The van der Waals surface area contributed by atoms with Crippen molar-refractivity contribution in [1.29, 1.82) is 0 Å². The van der Waals surface area contributed by atoms with E-state index in [0.717, 1.165) is 11.6 Å². The van der Waals surface area contributed by atoms with Crippen LogP contribution in [0.4, 0.5) is 17.1 Å². The predicted octanol–water partition coefficient (Wildman–Crippen LogP) is 1.20. The van der Waals surface area contributed by atoms with Gasteiger partial charge in [-0.25, -0.2) is 8.42 Å². The molecule has 0 radical (unpaired) electrons. The second kappa shape index (κ2) is 8.99. The van der Waals surface area contributed by atoms with Gasteiger partial charge in [0.15, 0.2) is 0 Å². The van der Waals surface area contributed by atoms with Crippen molar-refractivity contribution in [3.8, 4) is 11.3 Å². The van der Waals surface area contributed by atoms with E-state index in [1.165, 1.54) is 6.07 Å². The van der Waals surface area contributed by atoms with Crippen LogP contribution in [-0.2, 0) is 10.1 Å². The third-order valence-electron chi connectivity index (χ3n) is 4.28. The first-order valence-electron chi connectivity index (χ1n) is 8.49. The number of hydrogen-bond donors (Lipinski definition) is 1. The van der Waals surface area contributed by atoms with Crippen molar-refractivity contribution in [2.45, 2.75) is 4.90 Å². The Kier molecular flexibility index (Phi) is 6.59. The van der Waals surface area contributed by atoms with Crippen LogP contribution >= 0.6 is 0 Å². The number of nitrogens with two attached hydrogens (primary N) is 1.